The quantitative estimate of drug-likeness (QED) is 0.738. The topological polar surface area (TPSA) is 26.3 Å². The van der Waals surface area contributed by atoms with Crippen LogP contribution in [0.15, 0.2) is 51.4 Å². The Bertz CT molecular complexity index is 624. The van der Waals surface area contributed by atoms with Gasteiger partial charge >= 0.3 is 0 Å². The lowest BCUT2D eigenvalue weighted by Gasteiger charge is -2.09. The molecule has 0 aliphatic heterocycles. The minimum absolute atomic E-state index is 0.160. The first-order chi connectivity index (χ1) is 9.60. The Morgan fingerprint density at radius 3 is 2.45 bits per heavy atom. The van der Waals surface area contributed by atoms with E-state index >= 15 is 0 Å². The second-order valence-corrected chi connectivity index (χ2v) is 6.21. The van der Waals surface area contributed by atoms with Crippen LogP contribution in [-0.4, -0.2) is 12.9 Å². The first-order valence-corrected chi connectivity index (χ1v) is 7.76. The van der Waals surface area contributed by atoms with Crippen LogP contribution < -0.4 is 4.74 Å². The maximum absolute atomic E-state index is 12.2. The molecule has 104 valence electrons. The molecule has 0 aromatic heterocycles. The zero-order chi connectivity index (χ0) is 14.5. The van der Waals surface area contributed by atoms with Gasteiger partial charge in [-0.1, -0.05) is 50.1 Å². The van der Waals surface area contributed by atoms with Crippen LogP contribution >= 0.6 is 31.9 Å². The Labute approximate surface area is 135 Å². The van der Waals surface area contributed by atoms with Gasteiger partial charge in [-0.2, -0.15) is 0 Å². The van der Waals surface area contributed by atoms with Gasteiger partial charge in [0, 0.05) is 27.4 Å². The van der Waals surface area contributed by atoms with Crippen molar-refractivity contribution in [3.05, 3.63) is 62.5 Å². The standard InChI is InChI=1S/C16H14Br2O2/c1-20-16-7-6-13(17)8-12(16)10-14(19)9-11-4-2-3-5-15(11)18/h2-8H,9-10H2,1H3. The number of ketones is 1. The van der Waals surface area contributed by atoms with Crippen LogP contribution in [0.25, 0.3) is 0 Å². The third-order valence-corrected chi connectivity index (χ3v) is 4.24. The van der Waals surface area contributed by atoms with Crippen molar-refractivity contribution in [2.45, 2.75) is 12.8 Å². The molecule has 0 atom stereocenters. The number of methoxy groups -OCH3 is 1. The van der Waals surface area contributed by atoms with Crippen LogP contribution in [0.4, 0.5) is 0 Å². The van der Waals surface area contributed by atoms with Gasteiger partial charge in [0.1, 0.15) is 11.5 Å². The predicted octanol–water partition coefficient (Wildman–Crippen LogP) is 4.57. The van der Waals surface area contributed by atoms with Crippen LogP contribution in [0.3, 0.4) is 0 Å². The minimum Gasteiger partial charge on any atom is -0.496 e. The molecule has 0 aliphatic rings. The molecule has 0 fully saturated rings. The Kier molecular flexibility index (Phi) is 5.38. The highest BCUT2D eigenvalue weighted by Crippen LogP contribution is 2.24. The summed E-state index contributed by atoms with van der Waals surface area (Å²) in [7, 11) is 1.62. The van der Waals surface area contributed by atoms with Gasteiger partial charge in [-0.25, -0.2) is 0 Å². The van der Waals surface area contributed by atoms with Gasteiger partial charge in [-0.15, -0.1) is 0 Å². The molecule has 0 amide bonds. The summed E-state index contributed by atoms with van der Waals surface area (Å²) in [6.07, 6.45) is 0.779. The van der Waals surface area contributed by atoms with Crippen LogP contribution in [-0.2, 0) is 17.6 Å². The highest BCUT2D eigenvalue weighted by atomic mass is 79.9. The first-order valence-electron chi connectivity index (χ1n) is 6.17. The third-order valence-electron chi connectivity index (χ3n) is 2.98. The van der Waals surface area contributed by atoms with E-state index in [1.54, 1.807) is 7.11 Å². The second-order valence-electron chi connectivity index (χ2n) is 4.44. The van der Waals surface area contributed by atoms with Gasteiger partial charge in [0.2, 0.25) is 0 Å². The fraction of sp³-hybridized carbons (Fsp3) is 0.188. The Hall–Kier alpha value is -1.13. The molecule has 0 radical (unpaired) electrons. The predicted molar refractivity (Wildman–Crippen MR) is 87.3 cm³/mol. The van der Waals surface area contributed by atoms with Crippen molar-refractivity contribution >= 4 is 37.6 Å². The maximum atomic E-state index is 12.2. The molecule has 0 spiro atoms. The zero-order valence-electron chi connectivity index (χ0n) is 11.0. The zero-order valence-corrected chi connectivity index (χ0v) is 14.2. The van der Waals surface area contributed by atoms with E-state index in [2.05, 4.69) is 31.9 Å². The molecular formula is C16H14Br2O2. The number of ether oxygens (including phenoxy) is 1. The van der Waals surface area contributed by atoms with Crippen LogP contribution in [0, 0.1) is 0 Å². The summed E-state index contributed by atoms with van der Waals surface area (Å²) >= 11 is 6.89. The van der Waals surface area contributed by atoms with E-state index in [1.165, 1.54) is 0 Å². The minimum atomic E-state index is 0.160. The number of Topliss-reactive ketones (excluding diaryl/α,β-unsaturated/α-hetero) is 1. The average molecular weight is 398 g/mol. The van der Waals surface area contributed by atoms with Crippen molar-refractivity contribution < 1.29 is 9.53 Å². The number of carbonyl (C=O) groups is 1. The SMILES string of the molecule is COc1ccc(Br)cc1CC(=O)Cc1ccccc1Br. The highest BCUT2D eigenvalue weighted by Gasteiger charge is 2.11. The van der Waals surface area contributed by atoms with Gasteiger partial charge < -0.3 is 4.74 Å². The molecule has 20 heavy (non-hydrogen) atoms. The first kappa shape index (κ1) is 15.3. The largest absolute Gasteiger partial charge is 0.496 e. The molecule has 0 bridgehead atoms. The molecule has 2 rings (SSSR count). The van der Waals surface area contributed by atoms with E-state index in [-0.39, 0.29) is 5.78 Å². The molecule has 0 saturated carbocycles. The van der Waals surface area contributed by atoms with Gasteiger partial charge in [-0.05, 0) is 29.8 Å². The highest BCUT2D eigenvalue weighted by molar-refractivity contribution is 9.10. The van der Waals surface area contributed by atoms with Crippen molar-refractivity contribution in [3.63, 3.8) is 0 Å². The number of hydrogen-bond donors (Lipinski definition) is 0. The molecular weight excluding hydrogens is 384 g/mol. The van der Waals surface area contributed by atoms with E-state index in [9.17, 15) is 4.79 Å². The summed E-state index contributed by atoms with van der Waals surface area (Å²) < 4.78 is 7.21. The number of rotatable bonds is 5. The lowest BCUT2D eigenvalue weighted by molar-refractivity contribution is -0.117. The number of benzene rings is 2. The van der Waals surface area contributed by atoms with E-state index in [1.807, 2.05) is 42.5 Å². The molecule has 0 aliphatic carbocycles. The Morgan fingerprint density at radius 1 is 1.05 bits per heavy atom. The van der Waals surface area contributed by atoms with Crippen LogP contribution in [0.2, 0.25) is 0 Å². The molecule has 2 nitrogen and oxygen atoms in total. The van der Waals surface area contributed by atoms with Gasteiger partial charge in [0.15, 0.2) is 0 Å². The fourth-order valence-electron chi connectivity index (χ4n) is 2.01. The lowest BCUT2D eigenvalue weighted by atomic mass is 10.0. The molecule has 0 heterocycles. The summed E-state index contributed by atoms with van der Waals surface area (Å²) in [4.78, 5) is 12.2. The second kappa shape index (κ2) is 7.04. The molecule has 4 heteroatoms. The summed E-state index contributed by atoms with van der Waals surface area (Å²) in [6, 6.07) is 13.5. The average Bonchev–Trinajstić information content (AvgIpc) is 2.41. The van der Waals surface area contributed by atoms with E-state index < -0.39 is 0 Å². The lowest BCUT2D eigenvalue weighted by Crippen LogP contribution is -2.08. The van der Waals surface area contributed by atoms with Crippen molar-refractivity contribution in [2.24, 2.45) is 0 Å². The summed E-state index contributed by atoms with van der Waals surface area (Å²) in [5, 5.41) is 0. The summed E-state index contributed by atoms with van der Waals surface area (Å²) in [5.41, 5.74) is 1.91. The smallest absolute Gasteiger partial charge is 0.141 e. The van der Waals surface area contributed by atoms with Gasteiger partial charge in [0.05, 0.1) is 7.11 Å². The van der Waals surface area contributed by atoms with Crippen LogP contribution in [0.5, 0.6) is 5.75 Å². The fourth-order valence-corrected chi connectivity index (χ4v) is 2.85. The Morgan fingerprint density at radius 2 is 1.75 bits per heavy atom. The molecule has 0 unspecified atom stereocenters. The van der Waals surface area contributed by atoms with E-state index in [0.29, 0.717) is 12.8 Å². The normalized spacial score (nSPS) is 10.3. The summed E-state index contributed by atoms with van der Waals surface area (Å²) in [6.45, 7) is 0. The van der Waals surface area contributed by atoms with E-state index in [0.717, 1.165) is 25.8 Å². The van der Waals surface area contributed by atoms with Crippen molar-refractivity contribution in [3.8, 4) is 5.75 Å². The van der Waals surface area contributed by atoms with Crippen LogP contribution in [0.1, 0.15) is 11.1 Å². The molecule has 0 saturated heterocycles. The van der Waals surface area contributed by atoms with Crippen molar-refractivity contribution in [1.82, 2.24) is 0 Å². The number of halogens is 2. The maximum Gasteiger partial charge on any atom is 0.141 e. The van der Waals surface area contributed by atoms with Gasteiger partial charge in [-0.3, -0.25) is 4.79 Å². The number of carbonyl (C=O) groups excluding carboxylic acids is 1. The van der Waals surface area contributed by atoms with E-state index in [4.69, 9.17) is 4.74 Å². The molecule has 2 aromatic rings. The molecule has 2 aromatic carbocycles. The third kappa shape index (κ3) is 3.93. The summed E-state index contributed by atoms with van der Waals surface area (Å²) in [5.74, 6) is 0.905. The Balaban J connectivity index is 2.12. The van der Waals surface area contributed by atoms with Gasteiger partial charge in [0.25, 0.3) is 0 Å². The monoisotopic (exact) mass is 396 g/mol. The van der Waals surface area contributed by atoms with Crippen molar-refractivity contribution in [1.29, 1.82) is 0 Å². The van der Waals surface area contributed by atoms with Crippen molar-refractivity contribution in [2.75, 3.05) is 7.11 Å². The number of hydrogen-bond acceptors (Lipinski definition) is 2. The molecule has 0 N–H and O–H groups in total.